The van der Waals surface area contributed by atoms with Crippen LogP contribution in [-0.4, -0.2) is 23.6 Å². The molecule has 2 N–H and O–H groups in total. The minimum Gasteiger partial charge on any atom is -0.482 e. The fourth-order valence-electron chi connectivity index (χ4n) is 1.73. The Morgan fingerprint density at radius 2 is 2.00 bits per heavy atom. The number of nitrogens with one attached hydrogen (secondary N) is 1. The monoisotopic (exact) mass is 305 g/mol. The summed E-state index contributed by atoms with van der Waals surface area (Å²) < 4.78 is 5.24. The van der Waals surface area contributed by atoms with Gasteiger partial charge in [-0.25, -0.2) is 4.79 Å². The normalized spacial score (nSPS) is 10.2. The van der Waals surface area contributed by atoms with E-state index in [0.29, 0.717) is 5.69 Å². The Morgan fingerprint density at radius 1 is 1.24 bits per heavy atom. The van der Waals surface area contributed by atoms with Crippen LogP contribution >= 0.6 is 11.3 Å². The summed E-state index contributed by atoms with van der Waals surface area (Å²) in [6.07, 6.45) is 0. The number of aromatic carboxylic acids is 1. The smallest absolute Gasteiger partial charge is 0.349 e. The minimum atomic E-state index is -1.06. The number of carbonyl (C=O) groups excluding carboxylic acids is 1. The molecule has 0 bridgehead atoms. The van der Waals surface area contributed by atoms with Crippen molar-refractivity contribution in [3.05, 3.63) is 45.6 Å². The molecule has 0 saturated heterocycles. The minimum absolute atomic E-state index is 0.0916. The lowest BCUT2D eigenvalue weighted by molar-refractivity contribution is -0.118. The van der Waals surface area contributed by atoms with Crippen LogP contribution in [0.15, 0.2) is 29.6 Å². The molecule has 0 unspecified atom stereocenters. The van der Waals surface area contributed by atoms with Crippen LogP contribution in [0.4, 0.5) is 5.69 Å². The van der Waals surface area contributed by atoms with Crippen LogP contribution in [0.1, 0.15) is 20.8 Å². The van der Waals surface area contributed by atoms with Crippen LogP contribution in [0.5, 0.6) is 5.75 Å². The van der Waals surface area contributed by atoms with Crippen LogP contribution in [0, 0.1) is 13.8 Å². The third-order valence-corrected chi connectivity index (χ3v) is 3.86. The third kappa shape index (κ3) is 3.82. The molecule has 0 atom stereocenters. The molecular formula is C15H15NO4S. The van der Waals surface area contributed by atoms with Crippen LogP contribution < -0.4 is 10.1 Å². The lowest BCUT2D eigenvalue weighted by Crippen LogP contribution is -2.20. The van der Waals surface area contributed by atoms with Crippen molar-refractivity contribution in [3.8, 4) is 5.75 Å². The van der Waals surface area contributed by atoms with Crippen molar-refractivity contribution in [2.24, 2.45) is 0 Å². The lowest BCUT2D eigenvalue weighted by Gasteiger charge is -2.08. The van der Waals surface area contributed by atoms with Gasteiger partial charge in [-0.1, -0.05) is 6.07 Å². The molecule has 1 heterocycles. The summed E-state index contributed by atoms with van der Waals surface area (Å²) in [5.74, 6) is -1.18. The van der Waals surface area contributed by atoms with Crippen molar-refractivity contribution in [1.82, 2.24) is 0 Å². The van der Waals surface area contributed by atoms with E-state index in [9.17, 15) is 9.59 Å². The second-order valence-corrected chi connectivity index (χ2v) is 5.47. The van der Waals surface area contributed by atoms with Crippen LogP contribution in [0.25, 0.3) is 0 Å². The largest absolute Gasteiger partial charge is 0.482 e. The number of carboxylic acid groups (broad SMARTS) is 1. The first kappa shape index (κ1) is 15.1. The van der Waals surface area contributed by atoms with Crippen molar-refractivity contribution in [3.63, 3.8) is 0 Å². The van der Waals surface area contributed by atoms with Crippen molar-refractivity contribution in [2.45, 2.75) is 13.8 Å². The number of carboxylic acids is 1. The highest BCUT2D eigenvalue weighted by Gasteiger charge is 2.14. The van der Waals surface area contributed by atoms with E-state index >= 15 is 0 Å². The van der Waals surface area contributed by atoms with E-state index in [1.54, 1.807) is 5.38 Å². The molecule has 0 aliphatic heterocycles. The van der Waals surface area contributed by atoms with Gasteiger partial charge in [0.2, 0.25) is 0 Å². The topological polar surface area (TPSA) is 75.6 Å². The number of carbonyl (C=O) groups is 2. The molecule has 0 saturated carbocycles. The van der Waals surface area contributed by atoms with Crippen molar-refractivity contribution < 1.29 is 19.4 Å². The van der Waals surface area contributed by atoms with Crippen LogP contribution in [0.3, 0.4) is 0 Å². The van der Waals surface area contributed by atoms with E-state index < -0.39 is 5.97 Å². The summed E-state index contributed by atoms with van der Waals surface area (Å²) in [5, 5.41) is 13.3. The molecule has 0 aliphatic carbocycles. The van der Waals surface area contributed by atoms with Crippen LogP contribution in [0.2, 0.25) is 0 Å². The summed E-state index contributed by atoms with van der Waals surface area (Å²) in [6, 6.07) is 7.15. The Hall–Kier alpha value is -2.34. The Labute approximate surface area is 126 Å². The van der Waals surface area contributed by atoms with Crippen molar-refractivity contribution in [1.29, 1.82) is 0 Å². The van der Waals surface area contributed by atoms with Gasteiger partial charge in [0.1, 0.15) is 5.75 Å². The molecule has 0 fully saturated rings. The highest BCUT2D eigenvalue weighted by Crippen LogP contribution is 2.24. The van der Waals surface area contributed by atoms with Gasteiger partial charge in [-0.15, -0.1) is 11.3 Å². The number of ether oxygens (including phenoxy) is 1. The van der Waals surface area contributed by atoms with Gasteiger partial charge in [-0.2, -0.15) is 0 Å². The lowest BCUT2D eigenvalue weighted by atomic mass is 10.1. The second-order valence-electron chi connectivity index (χ2n) is 4.56. The number of hydrogen-bond acceptors (Lipinski definition) is 4. The molecule has 1 aromatic heterocycles. The first-order valence-corrected chi connectivity index (χ1v) is 7.16. The first-order chi connectivity index (χ1) is 9.97. The number of amides is 1. The maximum Gasteiger partial charge on any atom is 0.349 e. The summed E-state index contributed by atoms with van der Waals surface area (Å²) in [5.41, 5.74) is 2.92. The quantitative estimate of drug-likeness (QED) is 0.890. The molecule has 2 aromatic rings. The van der Waals surface area contributed by atoms with Crippen molar-refractivity contribution in [2.75, 3.05) is 11.9 Å². The predicted molar refractivity (Wildman–Crippen MR) is 81.3 cm³/mol. The summed E-state index contributed by atoms with van der Waals surface area (Å²) >= 11 is 1.06. The molecule has 21 heavy (non-hydrogen) atoms. The van der Waals surface area contributed by atoms with E-state index in [0.717, 1.165) is 22.5 Å². The molecule has 2 rings (SSSR count). The summed E-state index contributed by atoms with van der Waals surface area (Å²) in [7, 11) is 0. The Balaban J connectivity index is 1.94. The van der Waals surface area contributed by atoms with Gasteiger partial charge >= 0.3 is 5.97 Å². The molecule has 5 nitrogen and oxygen atoms in total. The molecule has 0 spiro atoms. The maximum absolute atomic E-state index is 11.8. The highest BCUT2D eigenvalue weighted by atomic mass is 32.1. The summed E-state index contributed by atoms with van der Waals surface area (Å²) in [4.78, 5) is 22.8. The van der Waals surface area contributed by atoms with E-state index in [1.165, 1.54) is 6.07 Å². The fraction of sp³-hybridized carbons (Fsp3) is 0.200. The number of benzene rings is 1. The molecule has 6 heteroatoms. The molecule has 110 valence electrons. The van der Waals surface area contributed by atoms with Gasteiger partial charge in [0.25, 0.3) is 5.91 Å². The van der Waals surface area contributed by atoms with Gasteiger partial charge < -0.3 is 15.2 Å². The third-order valence-electron chi connectivity index (χ3n) is 2.97. The van der Waals surface area contributed by atoms with Gasteiger partial charge in [-0.3, -0.25) is 4.79 Å². The Morgan fingerprint density at radius 3 is 2.67 bits per heavy atom. The number of rotatable bonds is 5. The zero-order valence-electron chi connectivity index (χ0n) is 11.7. The summed E-state index contributed by atoms with van der Waals surface area (Å²) in [6.45, 7) is 3.73. The predicted octanol–water partition coefficient (Wildman–Crippen LogP) is 3.08. The van der Waals surface area contributed by atoms with E-state index in [4.69, 9.17) is 9.84 Å². The molecule has 1 aromatic carbocycles. The van der Waals surface area contributed by atoms with Gasteiger partial charge in [0, 0.05) is 5.69 Å². The maximum atomic E-state index is 11.8. The Bertz CT molecular complexity index is 678. The van der Waals surface area contributed by atoms with Crippen LogP contribution in [-0.2, 0) is 4.79 Å². The first-order valence-electron chi connectivity index (χ1n) is 6.28. The second kappa shape index (κ2) is 6.41. The average molecular weight is 305 g/mol. The number of thiophene rings is 1. The number of hydrogen-bond donors (Lipinski definition) is 2. The van der Waals surface area contributed by atoms with E-state index in [2.05, 4.69) is 5.32 Å². The average Bonchev–Trinajstić information content (AvgIpc) is 2.89. The Kier molecular flexibility index (Phi) is 4.59. The van der Waals surface area contributed by atoms with Gasteiger partial charge in [0.05, 0.1) is 0 Å². The molecular weight excluding hydrogens is 290 g/mol. The fourth-order valence-corrected chi connectivity index (χ4v) is 2.40. The highest BCUT2D eigenvalue weighted by molar-refractivity contribution is 7.12. The zero-order valence-corrected chi connectivity index (χ0v) is 12.5. The molecule has 0 aliphatic rings. The zero-order chi connectivity index (χ0) is 15.4. The number of aryl methyl sites for hydroxylation is 2. The number of anilines is 1. The van der Waals surface area contributed by atoms with Gasteiger partial charge in [-0.05, 0) is 48.6 Å². The SMILES string of the molecule is Cc1ccc(NC(=O)COc2ccsc2C(=O)O)cc1C. The van der Waals surface area contributed by atoms with E-state index in [-0.39, 0.29) is 23.1 Å². The van der Waals surface area contributed by atoms with E-state index in [1.807, 2.05) is 32.0 Å². The molecule has 1 amide bonds. The van der Waals surface area contributed by atoms with Crippen molar-refractivity contribution >= 4 is 28.9 Å². The van der Waals surface area contributed by atoms with Gasteiger partial charge in [0.15, 0.2) is 11.5 Å². The standard InChI is InChI=1S/C15H15NO4S/c1-9-3-4-11(7-10(9)2)16-13(17)8-20-12-5-6-21-14(12)15(18)19/h3-7H,8H2,1-2H3,(H,16,17)(H,18,19). The molecule has 0 radical (unpaired) electrons.